The van der Waals surface area contributed by atoms with Gasteiger partial charge in [-0.2, -0.15) is 0 Å². The first-order chi connectivity index (χ1) is 28.3. The summed E-state index contributed by atoms with van der Waals surface area (Å²) < 4.78 is 33.1. The molecule has 2 unspecified atom stereocenters. The smallest absolute Gasteiger partial charge is 0.462 e. The fourth-order valence-electron chi connectivity index (χ4n) is 4.91. The van der Waals surface area contributed by atoms with Crippen molar-refractivity contribution in [3.05, 3.63) is 122 Å². The van der Waals surface area contributed by atoms with Crippen LogP contribution in [0.3, 0.4) is 0 Å². The van der Waals surface area contributed by atoms with Crippen molar-refractivity contribution in [2.45, 2.75) is 136 Å². The van der Waals surface area contributed by atoms with Gasteiger partial charge in [-0.3, -0.25) is 18.6 Å². The van der Waals surface area contributed by atoms with Gasteiger partial charge in [0.15, 0.2) is 6.10 Å². The fourth-order valence-corrected chi connectivity index (χ4v) is 5.66. The Kier molecular flexibility index (Phi) is 40.3. The van der Waals surface area contributed by atoms with E-state index in [1.165, 1.54) is 0 Å². The molecule has 0 saturated carbocycles. The lowest BCUT2D eigenvalue weighted by atomic mass is 10.1. The minimum absolute atomic E-state index is 0.0411. The third-order valence-electron chi connectivity index (χ3n) is 8.08. The molecule has 0 aromatic carbocycles. The maximum absolute atomic E-state index is 12.6. The van der Waals surface area contributed by atoms with E-state index in [-0.39, 0.29) is 26.1 Å². The number of esters is 2. The van der Waals surface area contributed by atoms with E-state index in [2.05, 4.69) is 135 Å². The summed E-state index contributed by atoms with van der Waals surface area (Å²) in [7, 11) is -2.70. The maximum atomic E-state index is 12.6. The van der Waals surface area contributed by atoms with Crippen LogP contribution in [-0.4, -0.2) is 56.3 Å². The molecule has 0 heterocycles. The summed E-state index contributed by atoms with van der Waals surface area (Å²) >= 11 is 0. The molecular formula is C48H76NO8P. The number of likely N-dealkylation sites (N-methyl/N-ethyl adjacent to an activating group) is 1. The molecule has 0 aromatic rings. The van der Waals surface area contributed by atoms with Crippen LogP contribution in [0.4, 0.5) is 0 Å². The van der Waals surface area contributed by atoms with Crippen LogP contribution in [0, 0.1) is 0 Å². The lowest BCUT2D eigenvalue weighted by Gasteiger charge is -2.20. The van der Waals surface area contributed by atoms with Crippen molar-refractivity contribution in [3.63, 3.8) is 0 Å². The molecule has 0 rings (SSSR count). The van der Waals surface area contributed by atoms with E-state index in [4.69, 9.17) is 18.5 Å². The Morgan fingerprint density at radius 1 is 0.534 bits per heavy atom. The molecule has 0 aliphatic heterocycles. The van der Waals surface area contributed by atoms with Gasteiger partial charge >= 0.3 is 19.8 Å². The minimum Gasteiger partial charge on any atom is -0.462 e. The number of phosphoric ester groups is 1. The van der Waals surface area contributed by atoms with E-state index in [9.17, 15) is 19.0 Å². The normalized spacial score (nSPS) is 14.5. The van der Waals surface area contributed by atoms with Crippen molar-refractivity contribution in [1.29, 1.82) is 0 Å². The number of carbonyl (C=O) groups excluding carboxylic acids is 2. The number of rotatable bonds is 38. The summed E-state index contributed by atoms with van der Waals surface area (Å²) in [6, 6.07) is 0. The average molecular weight is 826 g/mol. The van der Waals surface area contributed by atoms with Gasteiger partial charge in [0.2, 0.25) is 0 Å². The Morgan fingerprint density at radius 2 is 0.948 bits per heavy atom. The molecule has 58 heavy (non-hydrogen) atoms. The quantitative estimate of drug-likeness (QED) is 0.0271. The van der Waals surface area contributed by atoms with Crippen LogP contribution < -0.4 is 5.32 Å². The van der Waals surface area contributed by atoms with Gasteiger partial charge in [-0.1, -0.05) is 142 Å². The van der Waals surface area contributed by atoms with Crippen molar-refractivity contribution in [2.24, 2.45) is 0 Å². The van der Waals surface area contributed by atoms with Crippen LogP contribution in [0.15, 0.2) is 122 Å². The van der Waals surface area contributed by atoms with Crippen molar-refractivity contribution in [2.75, 3.05) is 33.4 Å². The summed E-state index contributed by atoms with van der Waals surface area (Å²) in [6.07, 6.45) is 56.8. The molecule has 0 fully saturated rings. The summed E-state index contributed by atoms with van der Waals surface area (Å²) in [5, 5.41) is 2.81. The maximum Gasteiger partial charge on any atom is 0.472 e. The lowest BCUT2D eigenvalue weighted by Crippen LogP contribution is -2.29. The fraction of sp³-hybridized carbons (Fsp3) is 0.542. The van der Waals surface area contributed by atoms with Gasteiger partial charge in [0.25, 0.3) is 0 Å². The second-order valence-electron chi connectivity index (χ2n) is 13.4. The predicted molar refractivity (Wildman–Crippen MR) is 242 cm³/mol. The number of nitrogens with one attached hydrogen (secondary N) is 1. The Balaban J connectivity index is 4.42. The largest absolute Gasteiger partial charge is 0.472 e. The number of ether oxygens (including phenoxy) is 2. The molecule has 0 saturated heterocycles. The van der Waals surface area contributed by atoms with Crippen LogP contribution in [0.2, 0.25) is 0 Å². The van der Waals surface area contributed by atoms with Crippen LogP contribution in [0.1, 0.15) is 129 Å². The summed E-state index contributed by atoms with van der Waals surface area (Å²) in [4.78, 5) is 35.0. The number of phosphoric acid groups is 1. The molecule has 0 bridgehead atoms. The molecule has 0 spiro atoms. The van der Waals surface area contributed by atoms with Crippen molar-refractivity contribution >= 4 is 19.8 Å². The van der Waals surface area contributed by atoms with Gasteiger partial charge in [-0.05, 0) is 103 Å². The zero-order chi connectivity index (χ0) is 42.5. The van der Waals surface area contributed by atoms with Crippen LogP contribution >= 0.6 is 7.82 Å². The van der Waals surface area contributed by atoms with Gasteiger partial charge in [-0.25, -0.2) is 4.57 Å². The SMILES string of the molecule is CC/C=C\C/C=C\C/C=C\C/C=C\C/C=C\CCCCCC(=O)OCC(COP(=O)(O)OCCNC)OC(=O)CCC/C=C\C/C=C\C/C=C\C/C=C\C/C=C\CC. The molecule has 0 aliphatic rings. The number of unbranched alkanes of at least 4 members (excludes halogenated alkanes) is 4. The Labute approximate surface area is 352 Å². The zero-order valence-electron chi connectivity index (χ0n) is 35.9. The number of allylic oxidation sites excluding steroid dienone is 20. The highest BCUT2D eigenvalue weighted by molar-refractivity contribution is 7.47. The van der Waals surface area contributed by atoms with Gasteiger partial charge < -0.3 is 19.7 Å². The average Bonchev–Trinajstić information content (AvgIpc) is 3.21. The Bertz CT molecular complexity index is 1350. The third kappa shape index (κ3) is 42.0. The van der Waals surface area contributed by atoms with Gasteiger partial charge in [0, 0.05) is 19.4 Å². The Morgan fingerprint density at radius 3 is 1.40 bits per heavy atom. The molecule has 2 N–H and O–H groups in total. The van der Waals surface area contributed by atoms with Crippen LogP contribution in [0.25, 0.3) is 0 Å². The molecular weight excluding hydrogens is 750 g/mol. The van der Waals surface area contributed by atoms with Crippen molar-refractivity contribution < 1.29 is 37.6 Å². The third-order valence-corrected chi connectivity index (χ3v) is 9.06. The molecule has 9 nitrogen and oxygen atoms in total. The highest BCUT2D eigenvalue weighted by atomic mass is 31.2. The lowest BCUT2D eigenvalue weighted by molar-refractivity contribution is -0.161. The highest BCUT2D eigenvalue weighted by Crippen LogP contribution is 2.43. The van der Waals surface area contributed by atoms with Crippen LogP contribution in [0.5, 0.6) is 0 Å². The second kappa shape index (κ2) is 43.0. The Hall–Kier alpha value is -3.59. The predicted octanol–water partition coefficient (Wildman–Crippen LogP) is 12.4. The van der Waals surface area contributed by atoms with E-state index in [1.807, 2.05) is 6.08 Å². The summed E-state index contributed by atoms with van der Waals surface area (Å²) in [5.41, 5.74) is 0. The summed E-state index contributed by atoms with van der Waals surface area (Å²) in [5.74, 6) is -0.928. The topological polar surface area (TPSA) is 120 Å². The van der Waals surface area contributed by atoms with Gasteiger partial charge in [-0.15, -0.1) is 0 Å². The molecule has 10 heteroatoms. The van der Waals surface area contributed by atoms with E-state index in [1.54, 1.807) is 7.05 Å². The van der Waals surface area contributed by atoms with Crippen LogP contribution in [-0.2, 0) is 32.7 Å². The molecule has 0 aromatic heterocycles. The van der Waals surface area contributed by atoms with E-state index >= 15 is 0 Å². The summed E-state index contributed by atoms with van der Waals surface area (Å²) in [6.45, 7) is 3.85. The van der Waals surface area contributed by atoms with Gasteiger partial charge in [0.1, 0.15) is 6.61 Å². The van der Waals surface area contributed by atoms with E-state index < -0.39 is 32.5 Å². The number of hydrogen-bond acceptors (Lipinski definition) is 8. The molecule has 0 aliphatic carbocycles. The molecule has 0 radical (unpaired) electrons. The number of carbonyl (C=O) groups is 2. The van der Waals surface area contributed by atoms with Crippen molar-refractivity contribution in [3.8, 4) is 0 Å². The number of hydrogen-bond donors (Lipinski definition) is 2. The van der Waals surface area contributed by atoms with Crippen molar-refractivity contribution in [1.82, 2.24) is 5.32 Å². The first kappa shape index (κ1) is 54.4. The van der Waals surface area contributed by atoms with Gasteiger partial charge in [0.05, 0.1) is 13.2 Å². The standard InChI is InChI=1S/C48H76NO8P/c1-4-6-8-10-12-14-16-18-20-22-23-25-26-28-30-32-34-36-38-40-47(50)54-44-46(45-56-58(52,53)55-43-42-49-3)57-48(51)41-39-37-35-33-31-29-27-24-21-19-17-15-13-11-9-7-5-2/h6-9,12-15,18-21,23,25,27-30,33,35,46,49H,4-5,10-11,16-17,22,24,26,31-32,34,36-45H2,1-3H3,(H,52,53)/b8-6-,9-7-,14-12-,15-13-,20-18-,21-19-,25-23-,29-27-,30-28-,35-33-. The first-order valence-electron chi connectivity index (χ1n) is 21.5. The second-order valence-corrected chi connectivity index (χ2v) is 14.9. The first-order valence-corrected chi connectivity index (χ1v) is 23.0. The zero-order valence-corrected chi connectivity index (χ0v) is 36.8. The minimum atomic E-state index is -4.38. The molecule has 2 atom stereocenters. The van der Waals surface area contributed by atoms with E-state index in [0.717, 1.165) is 83.5 Å². The highest BCUT2D eigenvalue weighted by Gasteiger charge is 2.26. The monoisotopic (exact) mass is 826 g/mol. The van der Waals surface area contributed by atoms with E-state index in [0.29, 0.717) is 25.8 Å². The molecule has 0 amide bonds. The molecule has 326 valence electrons.